The molecular formula is C28H18N4O2. The van der Waals surface area contributed by atoms with Crippen LogP contribution in [0.2, 0.25) is 0 Å². The van der Waals surface area contributed by atoms with Crippen LogP contribution in [0, 0.1) is 0 Å². The Morgan fingerprint density at radius 1 is 0.500 bits per heavy atom. The van der Waals surface area contributed by atoms with Crippen molar-refractivity contribution in [3.05, 3.63) is 109 Å². The summed E-state index contributed by atoms with van der Waals surface area (Å²) in [6.07, 6.45) is 6.55. The van der Waals surface area contributed by atoms with E-state index in [0.717, 1.165) is 32.3 Å². The van der Waals surface area contributed by atoms with Gasteiger partial charge in [-0.2, -0.15) is 0 Å². The number of aromatic nitrogens is 2. The van der Waals surface area contributed by atoms with Gasteiger partial charge in [0.15, 0.2) is 0 Å². The van der Waals surface area contributed by atoms with Crippen LogP contribution >= 0.6 is 0 Å². The van der Waals surface area contributed by atoms with Crippen molar-refractivity contribution in [1.29, 1.82) is 0 Å². The van der Waals surface area contributed by atoms with Gasteiger partial charge in [0.25, 0.3) is 11.8 Å². The van der Waals surface area contributed by atoms with E-state index < -0.39 is 0 Å². The van der Waals surface area contributed by atoms with Gasteiger partial charge < -0.3 is 10.6 Å². The molecule has 0 spiro atoms. The maximum atomic E-state index is 13.1. The van der Waals surface area contributed by atoms with E-state index in [4.69, 9.17) is 0 Å². The Morgan fingerprint density at radius 2 is 0.882 bits per heavy atom. The van der Waals surface area contributed by atoms with Gasteiger partial charge in [-0.05, 0) is 68.7 Å². The van der Waals surface area contributed by atoms with Crippen molar-refractivity contribution in [2.24, 2.45) is 0 Å². The number of hydrogen-bond donors (Lipinski definition) is 2. The Hall–Kier alpha value is -4.84. The van der Waals surface area contributed by atoms with Crippen molar-refractivity contribution >= 4 is 55.5 Å². The quantitative estimate of drug-likeness (QED) is 0.334. The first-order valence-electron chi connectivity index (χ1n) is 10.8. The lowest BCUT2D eigenvalue weighted by molar-refractivity contribution is 0.102. The molecule has 0 saturated heterocycles. The number of amides is 2. The summed E-state index contributed by atoms with van der Waals surface area (Å²) < 4.78 is 0. The Morgan fingerprint density at radius 3 is 1.29 bits per heavy atom. The molecule has 0 fully saturated rings. The van der Waals surface area contributed by atoms with Crippen LogP contribution < -0.4 is 10.6 Å². The van der Waals surface area contributed by atoms with E-state index in [-0.39, 0.29) is 11.8 Å². The molecule has 0 aliphatic carbocycles. The Labute approximate surface area is 194 Å². The van der Waals surface area contributed by atoms with E-state index in [1.165, 1.54) is 0 Å². The predicted molar refractivity (Wildman–Crippen MR) is 135 cm³/mol. The van der Waals surface area contributed by atoms with E-state index in [2.05, 4.69) is 20.6 Å². The Balaban J connectivity index is 1.50. The van der Waals surface area contributed by atoms with E-state index in [9.17, 15) is 9.59 Å². The molecule has 2 aromatic heterocycles. The molecule has 6 aromatic rings. The summed E-state index contributed by atoms with van der Waals surface area (Å²) >= 11 is 0. The van der Waals surface area contributed by atoms with Crippen molar-refractivity contribution < 1.29 is 9.59 Å². The molecule has 0 unspecified atom stereocenters. The molecule has 0 aliphatic heterocycles. The van der Waals surface area contributed by atoms with Crippen LogP contribution in [0.5, 0.6) is 0 Å². The highest BCUT2D eigenvalue weighted by atomic mass is 16.2. The number of nitrogens with zero attached hydrogens (tertiary/aromatic N) is 2. The van der Waals surface area contributed by atoms with Crippen molar-refractivity contribution in [3.8, 4) is 0 Å². The van der Waals surface area contributed by atoms with Gasteiger partial charge in [-0.3, -0.25) is 19.6 Å². The van der Waals surface area contributed by atoms with Crippen molar-refractivity contribution in [2.75, 3.05) is 10.6 Å². The zero-order chi connectivity index (χ0) is 23.1. The minimum atomic E-state index is -0.195. The lowest BCUT2D eigenvalue weighted by atomic mass is 9.89. The summed E-state index contributed by atoms with van der Waals surface area (Å²) in [5.74, 6) is -0.389. The first-order valence-corrected chi connectivity index (χ1v) is 10.8. The summed E-state index contributed by atoms with van der Waals surface area (Å²) in [7, 11) is 0. The maximum Gasteiger partial charge on any atom is 0.256 e. The lowest BCUT2D eigenvalue weighted by Gasteiger charge is -2.16. The highest BCUT2D eigenvalue weighted by Gasteiger charge is 2.18. The Kier molecular flexibility index (Phi) is 4.63. The second-order valence-corrected chi connectivity index (χ2v) is 8.03. The van der Waals surface area contributed by atoms with Gasteiger partial charge in [0.1, 0.15) is 0 Å². The highest BCUT2D eigenvalue weighted by Crippen LogP contribution is 2.37. The molecule has 162 valence electrons. The van der Waals surface area contributed by atoms with Gasteiger partial charge in [-0.15, -0.1) is 0 Å². The maximum absolute atomic E-state index is 13.1. The van der Waals surface area contributed by atoms with Crippen LogP contribution in [0.3, 0.4) is 0 Å². The molecule has 0 radical (unpaired) electrons. The van der Waals surface area contributed by atoms with Crippen LogP contribution in [-0.2, 0) is 0 Å². The molecule has 0 aliphatic rings. The molecule has 6 rings (SSSR count). The molecule has 0 bridgehead atoms. The fourth-order valence-electron chi connectivity index (χ4n) is 4.46. The average molecular weight is 442 g/mol. The van der Waals surface area contributed by atoms with Gasteiger partial charge in [-0.25, -0.2) is 0 Å². The Bertz CT molecular complexity index is 1550. The average Bonchev–Trinajstić information content (AvgIpc) is 2.88. The number of carbonyl (C=O) groups excluding carboxylic acids is 2. The van der Waals surface area contributed by atoms with Crippen LogP contribution in [0.1, 0.15) is 20.7 Å². The molecule has 2 amide bonds. The van der Waals surface area contributed by atoms with E-state index in [0.29, 0.717) is 22.5 Å². The number of anilines is 2. The van der Waals surface area contributed by atoms with Crippen molar-refractivity contribution in [1.82, 2.24) is 9.97 Å². The van der Waals surface area contributed by atoms with Gasteiger partial charge >= 0.3 is 0 Å². The molecule has 6 nitrogen and oxygen atoms in total. The topological polar surface area (TPSA) is 84.0 Å². The molecular weight excluding hydrogens is 424 g/mol. The zero-order valence-corrected chi connectivity index (χ0v) is 17.9. The third-order valence-corrected chi connectivity index (χ3v) is 6.03. The van der Waals surface area contributed by atoms with Crippen LogP contribution in [0.15, 0.2) is 97.6 Å². The smallest absolute Gasteiger partial charge is 0.256 e. The largest absolute Gasteiger partial charge is 0.322 e. The number of carbonyl (C=O) groups is 2. The van der Waals surface area contributed by atoms with E-state index in [1.807, 2.05) is 48.5 Å². The first kappa shape index (κ1) is 19.8. The summed E-state index contributed by atoms with van der Waals surface area (Å²) in [5.41, 5.74) is 2.51. The molecule has 2 N–H and O–H groups in total. The minimum absolute atomic E-state index is 0.195. The number of benzene rings is 4. The monoisotopic (exact) mass is 442 g/mol. The fourth-order valence-corrected chi connectivity index (χ4v) is 4.46. The van der Waals surface area contributed by atoms with Crippen LogP contribution in [0.4, 0.5) is 11.4 Å². The molecule has 0 saturated carbocycles. The normalized spacial score (nSPS) is 11.2. The third-order valence-electron chi connectivity index (χ3n) is 6.03. The van der Waals surface area contributed by atoms with Gasteiger partial charge in [-0.1, -0.05) is 36.4 Å². The number of hydrogen-bond acceptors (Lipinski definition) is 4. The molecule has 4 aromatic carbocycles. The minimum Gasteiger partial charge on any atom is -0.322 e. The number of pyridine rings is 2. The van der Waals surface area contributed by atoms with Crippen molar-refractivity contribution in [2.45, 2.75) is 0 Å². The van der Waals surface area contributed by atoms with Gasteiger partial charge in [0.05, 0.1) is 0 Å². The lowest BCUT2D eigenvalue weighted by Crippen LogP contribution is -2.13. The van der Waals surface area contributed by atoms with Crippen LogP contribution in [0.25, 0.3) is 32.3 Å². The van der Waals surface area contributed by atoms with E-state index >= 15 is 0 Å². The predicted octanol–water partition coefficient (Wildman–Crippen LogP) is 5.88. The molecule has 34 heavy (non-hydrogen) atoms. The van der Waals surface area contributed by atoms with Crippen LogP contribution in [-0.4, -0.2) is 21.8 Å². The molecule has 6 heteroatoms. The SMILES string of the molecule is O=C(Nc1ccncc1)c1ccc2ccc3c(C(=O)Nc4ccncc4)ccc4ccc1c2c43. The van der Waals surface area contributed by atoms with Crippen molar-refractivity contribution in [3.63, 3.8) is 0 Å². The summed E-state index contributed by atoms with van der Waals surface area (Å²) in [5, 5.41) is 11.5. The second-order valence-electron chi connectivity index (χ2n) is 8.03. The summed E-state index contributed by atoms with van der Waals surface area (Å²) in [6, 6.07) is 22.5. The molecule has 2 heterocycles. The van der Waals surface area contributed by atoms with E-state index in [1.54, 1.807) is 49.1 Å². The number of nitrogens with one attached hydrogen (secondary N) is 2. The standard InChI is InChI=1S/C28H18N4O2/c33-27(31-19-9-13-29-14-10-19)23-8-4-18-2-6-22-24(28(34)32-20-11-15-30-16-12-20)7-3-17-1-5-21(23)26(18)25(17)22/h1-16H,(H,29,31,33)(H,30,32,34). The first-order chi connectivity index (χ1) is 16.7. The summed E-state index contributed by atoms with van der Waals surface area (Å²) in [6.45, 7) is 0. The number of rotatable bonds is 4. The second kappa shape index (κ2) is 7.94. The third kappa shape index (κ3) is 3.29. The van der Waals surface area contributed by atoms with Gasteiger partial charge in [0.2, 0.25) is 0 Å². The zero-order valence-electron chi connectivity index (χ0n) is 17.9. The summed E-state index contributed by atoms with van der Waals surface area (Å²) in [4.78, 5) is 34.3. The highest BCUT2D eigenvalue weighted by molar-refractivity contribution is 6.30. The van der Waals surface area contributed by atoms with Gasteiger partial charge in [0, 0.05) is 47.3 Å². The molecule has 0 atom stereocenters. The fraction of sp³-hybridized carbons (Fsp3) is 0.